The summed E-state index contributed by atoms with van der Waals surface area (Å²) in [6.45, 7) is 3.58. The minimum Gasteiger partial charge on any atom is -0.474 e. The molecule has 0 saturated carbocycles. The van der Waals surface area contributed by atoms with E-state index in [4.69, 9.17) is 16.3 Å². The van der Waals surface area contributed by atoms with Gasteiger partial charge in [-0.15, -0.1) is 6.58 Å². The van der Waals surface area contributed by atoms with Crippen LogP contribution in [0.5, 0.6) is 5.75 Å². The van der Waals surface area contributed by atoms with Crippen LogP contribution in [-0.4, -0.2) is 5.56 Å². The van der Waals surface area contributed by atoms with Crippen LogP contribution in [-0.2, 0) is 0 Å². The Morgan fingerprint density at radius 2 is 2.08 bits per heavy atom. The van der Waals surface area contributed by atoms with Gasteiger partial charge < -0.3 is 4.74 Å². The van der Waals surface area contributed by atoms with Crippen molar-refractivity contribution in [3.05, 3.63) is 43.0 Å². The molecule has 1 aromatic carbocycles. The number of para-hydroxylation sites is 1. The molecule has 0 radical (unpaired) electrons. The van der Waals surface area contributed by atoms with E-state index < -0.39 is 0 Å². The summed E-state index contributed by atoms with van der Waals surface area (Å²) >= 11 is 5.82. The molecule has 0 saturated heterocycles. The van der Waals surface area contributed by atoms with Crippen LogP contribution in [0.4, 0.5) is 0 Å². The molecule has 0 aromatic heterocycles. The molecule has 1 nitrogen and oxygen atoms in total. The van der Waals surface area contributed by atoms with Crippen LogP contribution in [0.3, 0.4) is 0 Å². The Hall–Kier alpha value is -0.950. The van der Waals surface area contributed by atoms with E-state index in [1.165, 1.54) is 0 Å². The van der Waals surface area contributed by atoms with Crippen LogP contribution in [0, 0.1) is 0 Å². The number of benzene rings is 1. The lowest BCUT2D eigenvalue weighted by molar-refractivity contribution is 0.285. The summed E-state index contributed by atoms with van der Waals surface area (Å²) in [4.78, 5) is 0. The van der Waals surface area contributed by atoms with Gasteiger partial charge in [0.25, 0.3) is 0 Å². The second-order valence-corrected chi connectivity index (χ2v) is 2.85. The van der Waals surface area contributed by atoms with Crippen molar-refractivity contribution in [2.45, 2.75) is 12.0 Å². The molecule has 0 aliphatic carbocycles. The molecule has 12 heavy (non-hydrogen) atoms. The first kappa shape index (κ1) is 9.14. The lowest BCUT2D eigenvalue weighted by atomic mass is 10.3. The van der Waals surface area contributed by atoms with E-state index in [0.717, 1.165) is 5.75 Å². The summed E-state index contributed by atoms with van der Waals surface area (Å²) in [6, 6.07) is 9.50. The first-order valence-electron chi connectivity index (χ1n) is 3.79. The van der Waals surface area contributed by atoms with Crippen LogP contribution in [0.2, 0.25) is 0 Å². The van der Waals surface area contributed by atoms with Crippen molar-refractivity contribution < 1.29 is 4.74 Å². The van der Waals surface area contributed by atoms with Crippen molar-refractivity contribution in [1.29, 1.82) is 0 Å². The van der Waals surface area contributed by atoms with E-state index in [-0.39, 0.29) is 5.56 Å². The fourth-order valence-corrected chi connectivity index (χ4v) is 1.05. The number of halogens is 1. The molecule has 1 aromatic rings. The average molecular weight is 183 g/mol. The Balaban J connectivity index is 2.46. The largest absolute Gasteiger partial charge is 0.474 e. The van der Waals surface area contributed by atoms with Crippen LogP contribution in [0.25, 0.3) is 0 Å². The fourth-order valence-electron chi connectivity index (χ4n) is 0.826. The van der Waals surface area contributed by atoms with Crippen molar-refractivity contribution in [3.8, 4) is 5.75 Å². The maximum absolute atomic E-state index is 5.82. The molecule has 1 atom stereocenters. The predicted octanol–water partition coefficient (Wildman–Crippen LogP) is 3.21. The van der Waals surface area contributed by atoms with Crippen molar-refractivity contribution in [1.82, 2.24) is 0 Å². The third kappa shape index (κ3) is 2.97. The molecule has 0 aliphatic rings. The Kier molecular flexibility index (Phi) is 3.68. The topological polar surface area (TPSA) is 9.23 Å². The zero-order valence-electron chi connectivity index (χ0n) is 6.74. The molecule has 0 bridgehead atoms. The number of rotatable bonds is 4. The normalized spacial score (nSPS) is 12.1. The first-order chi connectivity index (χ1) is 5.83. The molecule has 0 N–H and O–H groups in total. The first-order valence-corrected chi connectivity index (χ1v) is 4.23. The SMILES string of the molecule is C=CCC(Cl)Oc1ccccc1. The minimum absolute atomic E-state index is 0.315. The van der Waals surface area contributed by atoms with Gasteiger partial charge >= 0.3 is 0 Å². The van der Waals surface area contributed by atoms with Gasteiger partial charge in [0.2, 0.25) is 0 Å². The van der Waals surface area contributed by atoms with E-state index in [1.807, 2.05) is 30.3 Å². The Morgan fingerprint density at radius 3 is 2.67 bits per heavy atom. The molecule has 1 rings (SSSR count). The van der Waals surface area contributed by atoms with Crippen LogP contribution >= 0.6 is 11.6 Å². The predicted molar refractivity (Wildman–Crippen MR) is 51.5 cm³/mol. The maximum atomic E-state index is 5.82. The van der Waals surface area contributed by atoms with E-state index in [1.54, 1.807) is 6.08 Å². The highest BCUT2D eigenvalue weighted by atomic mass is 35.5. The fraction of sp³-hybridized carbons (Fsp3) is 0.200. The molecular weight excluding hydrogens is 172 g/mol. The summed E-state index contributed by atoms with van der Waals surface area (Å²) in [7, 11) is 0. The zero-order chi connectivity index (χ0) is 8.81. The third-order valence-corrected chi connectivity index (χ3v) is 1.63. The summed E-state index contributed by atoms with van der Waals surface area (Å²) in [5.41, 5.74) is -0.315. The van der Waals surface area contributed by atoms with E-state index >= 15 is 0 Å². The quantitative estimate of drug-likeness (QED) is 0.513. The second kappa shape index (κ2) is 4.83. The van der Waals surface area contributed by atoms with Gasteiger partial charge in [0, 0.05) is 6.42 Å². The summed E-state index contributed by atoms with van der Waals surface area (Å²) in [6.07, 6.45) is 2.39. The number of ether oxygens (including phenoxy) is 1. The highest BCUT2D eigenvalue weighted by Crippen LogP contribution is 2.14. The second-order valence-electron chi connectivity index (χ2n) is 2.37. The van der Waals surface area contributed by atoms with Gasteiger partial charge in [-0.3, -0.25) is 0 Å². The Labute approximate surface area is 77.6 Å². The molecule has 0 amide bonds. The molecule has 1 unspecified atom stereocenters. The average Bonchev–Trinajstić information content (AvgIpc) is 2.06. The molecule has 2 heteroatoms. The highest BCUT2D eigenvalue weighted by molar-refractivity contribution is 6.19. The summed E-state index contributed by atoms with van der Waals surface area (Å²) in [5.74, 6) is 0.791. The molecule has 0 aliphatic heterocycles. The van der Waals surface area contributed by atoms with Gasteiger partial charge in [-0.25, -0.2) is 0 Å². The van der Waals surface area contributed by atoms with Crippen molar-refractivity contribution in [3.63, 3.8) is 0 Å². The van der Waals surface area contributed by atoms with E-state index in [9.17, 15) is 0 Å². The standard InChI is InChI=1S/C10H11ClO/c1-2-6-10(11)12-9-7-4-3-5-8-9/h2-5,7-8,10H,1,6H2. The summed E-state index contributed by atoms with van der Waals surface area (Å²) in [5, 5.41) is 0. The van der Waals surface area contributed by atoms with Crippen molar-refractivity contribution in [2.75, 3.05) is 0 Å². The Bertz CT molecular complexity index is 233. The number of hydrogen-bond donors (Lipinski definition) is 0. The van der Waals surface area contributed by atoms with Crippen LogP contribution in [0.1, 0.15) is 6.42 Å². The molecule has 0 heterocycles. The van der Waals surface area contributed by atoms with Gasteiger partial charge in [0.15, 0.2) is 5.56 Å². The lowest BCUT2D eigenvalue weighted by Crippen LogP contribution is -2.06. The van der Waals surface area contributed by atoms with Crippen molar-refractivity contribution in [2.24, 2.45) is 0 Å². The number of hydrogen-bond acceptors (Lipinski definition) is 1. The van der Waals surface area contributed by atoms with Crippen molar-refractivity contribution >= 4 is 11.6 Å². The smallest absolute Gasteiger partial charge is 0.175 e. The third-order valence-electron chi connectivity index (χ3n) is 1.36. The van der Waals surface area contributed by atoms with E-state index in [0.29, 0.717) is 6.42 Å². The molecule has 64 valence electrons. The highest BCUT2D eigenvalue weighted by Gasteiger charge is 2.01. The van der Waals surface area contributed by atoms with Gasteiger partial charge in [-0.1, -0.05) is 35.9 Å². The van der Waals surface area contributed by atoms with Gasteiger partial charge in [0.05, 0.1) is 0 Å². The lowest BCUT2D eigenvalue weighted by Gasteiger charge is -2.09. The zero-order valence-corrected chi connectivity index (χ0v) is 7.50. The maximum Gasteiger partial charge on any atom is 0.175 e. The van der Waals surface area contributed by atoms with Crippen LogP contribution in [0.15, 0.2) is 43.0 Å². The monoisotopic (exact) mass is 182 g/mol. The Morgan fingerprint density at radius 1 is 1.42 bits per heavy atom. The van der Waals surface area contributed by atoms with Gasteiger partial charge in [-0.05, 0) is 12.1 Å². The minimum atomic E-state index is -0.315. The van der Waals surface area contributed by atoms with Gasteiger partial charge in [0.1, 0.15) is 5.75 Å². The molecule has 0 fully saturated rings. The van der Waals surface area contributed by atoms with E-state index in [2.05, 4.69) is 6.58 Å². The molecular formula is C10H11ClO. The number of alkyl halides is 1. The molecule has 0 spiro atoms. The van der Waals surface area contributed by atoms with Crippen LogP contribution < -0.4 is 4.74 Å². The van der Waals surface area contributed by atoms with Gasteiger partial charge in [-0.2, -0.15) is 0 Å². The summed E-state index contributed by atoms with van der Waals surface area (Å²) < 4.78 is 5.35.